The summed E-state index contributed by atoms with van der Waals surface area (Å²) >= 11 is 0. The highest BCUT2D eigenvalue weighted by atomic mass is 16.5. The first kappa shape index (κ1) is 16.5. The molecule has 0 radical (unpaired) electrons. The van der Waals surface area contributed by atoms with Gasteiger partial charge >= 0.3 is 0 Å². The molecule has 2 aromatic rings. The summed E-state index contributed by atoms with van der Waals surface area (Å²) in [6, 6.07) is 12.5. The maximum atomic E-state index is 9.63. The molecular weight excluding hydrogens is 292 g/mol. The molecule has 0 heterocycles. The average molecular weight is 312 g/mol. The molecule has 0 fully saturated rings. The molecule has 1 N–H and O–H groups in total. The van der Waals surface area contributed by atoms with Gasteiger partial charge in [-0.25, -0.2) is 0 Å². The van der Waals surface area contributed by atoms with Crippen LogP contribution in [-0.2, 0) is 0 Å². The Balaban J connectivity index is 2.10. The molecule has 0 spiro atoms. The molecule has 5 nitrogen and oxygen atoms in total. The van der Waals surface area contributed by atoms with Crippen molar-refractivity contribution in [3.05, 3.63) is 53.6 Å². The fourth-order valence-electron chi connectivity index (χ4n) is 1.94. The number of aromatic hydroxyl groups is 1. The van der Waals surface area contributed by atoms with E-state index in [1.165, 1.54) is 6.21 Å². The summed E-state index contributed by atoms with van der Waals surface area (Å²) in [5.74, 6) is 1.57. The zero-order valence-electron chi connectivity index (χ0n) is 13.3. The quantitative estimate of drug-likeness (QED) is 0.627. The molecule has 0 saturated heterocycles. The largest absolute Gasteiger partial charge is 0.507 e. The van der Waals surface area contributed by atoms with Gasteiger partial charge in [0.05, 0.1) is 25.6 Å². The number of rotatable bonds is 7. The Morgan fingerprint density at radius 3 is 2.35 bits per heavy atom. The first-order valence-electron chi connectivity index (χ1n) is 7.48. The van der Waals surface area contributed by atoms with Crippen LogP contribution in [0.2, 0.25) is 0 Å². The number of para-hydroxylation sites is 1. The van der Waals surface area contributed by atoms with Gasteiger partial charge in [0.2, 0.25) is 0 Å². The van der Waals surface area contributed by atoms with E-state index >= 15 is 0 Å². The fraction of sp³-hybridized carbons (Fsp3) is 0.222. The van der Waals surface area contributed by atoms with Crippen molar-refractivity contribution in [2.45, 2.75) is 13.8 Å². The molecule has 0 aromatic heterocycles. The molecule has 0 aliphatic carbocycles. The average Bonchev–Trinajstić information content (AvgIpc) is 2.56. The standard InChI is InChI=1S/C18H20N2O3/c1-3-22-17-10-9-14(11-18(17)23-4-2)12-19-20-13-15-7-5-6-8-16(15)21/h5-13,21H,3-4H2,1-2H3. The molecule has 0 aliphatic rings. The van der Waals surface area contributed by atoms with Gasteiger partial charge in [0, 0.05) is 5.56 Å². The van der Waals surface area contributed by atoms with Crippen molar-refractivity contribution in [1.29, 1.82) is 0 Å². The maximum absolute atomic E-state index is 9.63. The smallest absolute Gasteiger partial charge is 0.161 e. The number of ether oxygens (including phenoxy) is 2. The van der Waals surface area contributed by atoms with Crippen molar-refractivity contribution in [3.63, 3.8) is 0 Å². The van der Waals surface area contributed by atoms with Crippen LogP contribution in [0, 0.1) is 0 Å². The van der Waals surface area contributed by atoms with Crippen LogP contribution < -0.4 is 9.47 Å². The summed E-state index contributed by atoms with van der Waals surface area (Å²) in [6.07, 6.45) is 3.12. The molecule has 0 amide bonds. The third kappa shape index (κ3) is 4.85. The van der Waals surface area contributed by atoms with Gasteiger partial charge in [-0.15, -0.1) is 0 Å². The van der Waals surface area contributed by atoms with E-state index in [1.54, 1.807) is 24.4 Å². The van der Waals surface area contributed by atoms with Gasteiger partial charge in [0.15, 0.2) is 11.5 Å². The van der Waals surface area contributed by atoms with Crippen LogP contribution in [0.1, 0.15) is 25.0 Å². The van der Waals surface area contributed by atoms with Gasteiger partial charge in [0.1, 0.15) is 5.75 Å². The van der Waals surface area contributed by atoms with Crippen molar-refractivity contribution < 1.29 is 14.6 Å². The van der Waals surface area contributed by atoms with Gasteiger partial charge < -0.3 is 14.6 Å². The van der Waals surface area contributed by atoms with Crippen LogP contribution >= 0.6 is 0 Å². The third-order valence-electron chi connectivity index (χ3n) is 2.97. The van der Waals surface area contributed by atoms with Crippen molar-refractivity contribution in [2.75, 3.05) is 13.2 Å². The van der Waals surface area contributed by atoms with Gasteiger partial charge in [-0.1, -0.05) is 12.1 Å². The molecular formula is C18H20N2O3. The van der Waals surface area contributed by atoms with Crippen LogP contribution in [-0.4, -0.2) is 30.7 Å². The third-order valence-corrected chi connectivity index (χ3v) is 2.97. The summed E-state index contributed by atoms with van der Waals surface area (Å²) < 4.78 is 11.1. The van der Waals surface area contributed by atoms with Crippen molar-refractivity contribution in [1.82, 2.24) is 0 Å². The molecule has 5 heteroatoms. The topological polar surface area (TPSA) is 63.4 Å². The summed E-state index contributed by atoms with van der Waals surface area (Å²) in [5, 5.41) is 17.6. The second-order valence-corrected chi connectivity index (χ2v) is 4.62. The lowest BCUT2D eigenvalue weighted by Crippen LogP contribution is -1.99. The molecule has 2 aromatic carbocycles. The zero-order valence-corrected chi connectivity index (χ0v) is 13.3. The lowest BCUT2D eigenvalue weighted by Gasteiger charge is -2.10. The van der Waals surface area contributed by atoms with Gasteiger partial charge in [-0.05, 0) is 49.7 Å². The first-order chi connectivity index (χ1) is 11.2. The number of hydrogen-bond donors (Lipinski definition) is 1. The van der Waals surface area contributed by atoms with Crippen LogP contribution in [0.25, 0.3) is 0 Å². The Kier molecular flexibility index (Phi) is 6.17. The maximum Gasteiger partial charge on any atom is 0.161 e. The minimum Gasteiger partial charge on any atom is -0.507 e. The van der Waals surface area contributed by atoms with E-state index in [4.69, 9.17) is 9.47 Å². The second kappa shape index (κ2) is 8.58. The molecule has 120 valence electrons. The molecule has 2 rings (SSSR count). The highest BCUT2D eigenvalue weighted by molar-refractivity contribution is 5.85. The number of benzene rings is 2. The summed E-state index contributed by atoms with van der Waals surface area (Å²) in [5.41, 5.74) is 1.47. The summed E-state index contributed by atoms with van der Waals surface area (Å²) in [7, 11) is 0. The van der Waals surface area contributed by atoms with Crippen molar-refractivity contribution >= 4 is 12.4 Å². The molecule has 0 saturated carbocycles. The molecule has 23 heavy (non-hydrogen) atoms. The Morgan fingerprint density at radius 1 is 0.913 bits per heavy atom. The van der Waals surface area contributed by atoms with Crippen molar-refractivity contribution in [2.24, 2.45) is 10.2 Å². The highest BCUT2D eigenvalue weighted by Crippen LogP contribution is 2.28. The van der Waals surface area contributed by atoms with E-state index in [1.807, 2.05) is 38.1 Å². The summed E-state index contributed by atoms with van der Waals surface area (Å²) in [6.45, 7) is 5.00. The van der Waals surface area contributed by atoms with Crippen molar-refractivity contribution in [3.8, 4) is 17.2 Å². The first-order valence-corrected chi connectivity index (χ1v) is 7.48. The fourth-order valence-corrected chi connectivity index (χ4v) is 1.94. The van der Waals surface area contributed by atoms with E-state index < -0.39 is 0 Å². The number of phenols is 1. The molecule has 0 unspecified atom stereocenters. The minimum absolute atomic E-state index is 0.172. The zero-order chi connectivity index (χ0) is 16.5. The lowest BCUT2D eigenvalue weighted by atomic mass is 10.2. The predicted octanol–water partition coefficient (Wildman–Crippen LogP) is 3.64. The monoisotopic (exact) mass is 312 g/mol. The van der Waals surface area contributed by atoms with Gasteiger partial charge in [-0.2, -0.15) is 10.2 Å². The predicted molar refractivity (Wildman–Crippen MR) is 92.1 cm³/mol. The van der Waals surface area contributed by atoms with E-state index in [0.29, 0.717) is 30.3 Å². The van der Waals surface area contributed by atoms with Crippen LogP contribution in [0.5, 0.6) is 17.2 Å². The Labute approximate surface area is 135 Å². The Bertz CT molecular complexity index is 696. The SMILES string of the molecule is CCOc1ccc(C=NN=Cc2ccccc2O)cc1OCC. The summed E-state index contributed by atoms with van der Waals surface area (Å²) in [4.78, 5) is 0. The normalized spacial score (nSPS) is 11.2. The molecule has 0 bridgehead atoms. The Morgan fingerprint density at radius 2 is 1.61 bits per heavy atom. The van der Waals surface area contributed by atoms with E-state index in [0.717, 1.165) is 5.56 Å². The van der Waals surface area contributed by atoms with E-state index in [-0.39, 0.29) is 5.75 Å². The van der Waals surface area contributed by atoms with E-state index in [9.17, 15) is 5.11 Å². The lowest BCUT2D eigenvalue weighted by molar-refractivity contribution is 0.288. The number of hydrogen-bond acceptors (Lipinski definition) is 5. The molecule has 0 aliphatic heterocycles. The van der Waals surface area contributed by atoms with Crippen LogP contribution in [0.4, 0.5) is 0 Å². The van der Waals surface area contributed by atoms with Crippen LogP contribution in [0.15, 0.2) is 52.7 Å². The molecule has 0 atom stereocenters. The minimum atomic E-state index is 0.172. The van der Waals surface area contributed by atoms with Crippen LogP contribution in [0.3, 0.4) is 0 Å². The highest BCUT2D eigenvalue weighted by Gasteiger charge is 2.04. The Hall–Kier alpha value is -2.82. The second-order valence-electron chi connectivity index (χ2n) is 4.62. The van der Waals surface area contributed by atoms with Gasteiger partial charge in [0.25, 0.3) is 0 Å². The number of phenolic OH excluding ortho intramolecular Hbond substituents is 1. The van der Waals surface area contributed by atoms with E-state index in [2.05, 4.69) is 10.2 Å². The van der Waals surface area contributed by atoms with Gasteiger partial charge in [-0.3, -0.25) is 0 Å². The number of nitrogens with zero attached hydrogens (tertiary/aromatic N) is 2.